The average Bonchev–Trinajstić information content (AvgIpc) is 1.97. The molecule has 0 amide bonds. The molecule has 0 bridgehead atoms. The minimum Gasteiger partial charge on any atom is -0.397 e. The summed E-state index contributed by atoms with van der Waals surface area (Å²) in [5.74, 6) is 0. The molecule has 0 aromatic heterocycles. The number of rotatable bonds is 0. The van der Waals surface area contributed by atoms with Crippen molar-refractivity contribution in [3.05, 3.63) is 27.2 Å². The standard InChI is InChI=1S/C10H13BrClN/c1-10(2,3)6-4-7(11)9(13)8(12)5-6/h4-5H,13H2,1-3H3. The second-order valence-corrected chi connectivity index (χ2v) is 5.37. The van der Waals surface area contributed by atoms with Crippen LogP contribution in [0.3, 0.4) is 0 Å². The number of nitrogen functional groups attached to an aromatic ring is 1. The molecule has 0 saturated carbocycles. The Morgan fingerprint density at radius 2 is 1.85 bits per heavy atom. The first-order valence-corrected chi connectivity index (χ1v) is 5.24. The van der Waals surface area contributed by atoms with Gasteiger partial charge in [-0.15, -0.1) is 0 Å². The second-order valence-electron chi connectivity index (χ2n) is 4.10. The first-order valence-electron chi connectivity index (χ1n) is 4.07. The van der Waals surface area contributed by atoms with E-state index in [1.165, 1.54) is 5.56 Å². The molecule has 3 heteroatoms. The molecule has 0 aliphatic heterocycles. The van der Waals surface area contributed by atoms with Crippen LogP contribution in [0.1, 0.15) is 26.3 Å². The smallest absolute Gasteiger partial charge is 0.0650 e. The SMILES string of the molecule is CC(C)(C)c1cc(Cl)c(N)c(Br)c1. The minimum absolute atomic E-state index is 0.0971. The molecule has 0 unspecified atom stereocenters. The fraction of sp³-hybridized carbons (Fsp3) is 0.400. The summed E-state index contributed by atoms with van der Waals surface area (Å²) in [5.41, 5.74) is 7.60. The van der Waals surface area contributed by atoms with Crippen molar-refractivity contribution in [3.63, 3.8) is 0 Å². The zero-order valence-electron chi connectivity index (χ0n) is 7.99. The summed E-state index contributed by atoms with van der Waals surface area (Å²) in [6.45, 7) is 6.42. The molecule has 0 aliphatic rings. The Balaban J connectivity index is 3.29. The Bertz CT molecular complexity index is 305. The molecular formula is C10H13BrClN. The van der Waals surface area contributed by atoms with Gasteiger partial charge < -0.3 is 5.73 Å². The molecule has 0 radical (unpaired) electrons. The minimum atomic E-state index is 0.0971. The molecule has 0 spiro atoms. The molecule has 0 fully saturated rings. The Hall–Kier alpha value is -0.210. The van der Waals surface area contributed by atoms with Crippen molar-refractivity contribution in [2.24, 2.45) is 0 Å². The summed E-state index contributed by atoms with van der Waals surface area (Å²) in [7, 11) is 0. The Morgan fingerprint density at radius 3 is 2.23 bits per heavy atom. The van der Waals surface area contributed by atoms with Gasteiger partial charge in [0.1, 0.15) is 0 Å². The van der Waals surface area contributed by atoms with Crippen LogP contribution in [0.4, 0.5) is 5.69 Å². The van der Waals surface area contributed by atoms with E-state index in [-0.39, 0.29) is 5.41 Å². The monoisotopic (exact) mass is 261 g/mol. The van der Waals surface area contributed by atoms with Crippen LogP contribution in [-0.2, 0) is 5.41 Å². The summed E-state index contributed by atoms with van der Waals surface area (Å²) in [5, 5.41) is 0.610. The molecule has 0 atom stereocenters. The predicted octanol–water partition coefficient (Wildman–Crippen LogP) is 3.98. The van der Waals surface area contributed by atoms with Gasteiger partial charge in [0.15, 0.2) is 0 Å². The highest BCUT2D eigenvalue weighted by molar-refractivity contribution is 9.10. The lowest BCUT2D eigenvalue weighted by atomic mass is 9.87. The lowest BCUT2D eigenvalue weighted by Crippen LogP contribution is -2.11. The highest BCUT2D eigenvalue weighted by Crippen LogP contribution is 2.33. The molecule has 1 nitrogen and oxygen atoms in total. The molecule has 1 aromatic rings. The summed E-state index contributed by atoms with van der Waals surface area (Å²) in [4.78, 5) is 0. The molecule has 1 rings (SSSR count). The zero-order chi connectivity index (χ0) is 10.2. The van der Waals surface area contributed by atoms with Gasteiger partial charge in [-0.3, -0.25) is 0 Å². The van der Waals surface area contributed by atoms with Gasteiger partial charge in [-0.2, -0.15) is 0 Å². The van der Waals surface area contributed by atoms with Crippen molar-refractivity contribution in [3.8, 4) is 0 Å². The van der Waals surface area contributed by atoms with E-state index in [0.717, 1.165) is 4.47 Å². The summed E-state index contributed by atoms with van der Waals surface area (Å²) in [6.07, 6.45) is 0. The van der Waals surface area contributed by atoms with Crippen molar-refractivity contribution in [1.29, 1.82) is 0 Å². The van der Waals surface area contributed by atoms with Gasteiger partial charge in [-0.25, -0.2) is 0 Å². The second kappa shape index (κ2) is 3.50. The van der Waals surface area contributed by atoms with E-state index >= 15 is 0 Å². The third-order valence-electron chi connectivity index (χ3n) is 1.95. The fourth-order valence-corrected chi connectivity index (χ4v) is 1.81. The third kappa shape index (κ3) is 2.38. The number of hydrogen-bond acceptors (Lipinski definition) is 1. The Labute approximate surface area is 92.4 Å². The van der Waals surface area contributed by atoms with E-state index in [4.69, 9.17) is 17.3 Å². The molecule has 0 aliphatic carbocycles. The van der Waals surface area contributed by atoms with Crippen LogP contribution in [0, 0.1) is 0 Å². The lowest BCUT2D eigenvalue weighted by Gasteiger charge is -2.20. The predicted molar refractivity (Wildman–Crippen MR) is 62.3 cm³/mol. The number of hydrogen-bond donors (Lipinski definition) is 1. The van der Waals surface area contributed by atoms with Crippen LogP contribution in [0.25, 0.3) is 0 Å². The summed E-state index contributed by atoms with van der Waals surface area (Å²) in [6, 6.07) is 3.93. The average molecular weight is 263 g/mol. The van der Waals surface area contributed by atoms with Crippen LogP contribution in [-0.4, -0.2) is 0 Å². The number of nitrogens with two attached hydrogens (primary N) is 1. The van der Waals surface area contributed by atoms with Gasteiger partial charge in [0.05, 0.1) is 10.7 Å². The van der Waals surface area contributed by atoms with Gasteiger partial charge >= 0.3 is 0 Å². The number of benzene rings is 1. The van der Waals surface area contributed by atoms with Crippen LogP contribution in [0.5, 0.6) is 0 Å². The first kappa shape index (κ1) is 10.9. The highest BCUT2D eigenvalue weighted by atomic mass is 79.9. The summed E-state index contributed by atoms with van der Waals surface area (Å²) >= 11 is 9.35. The van der Waals surface area contributed by atoms with E-state index in [9.17, 15) is 0 Å². The molecule has 13 heavy (non-hydrogen) atoms. The van der Waals surface area contributed by atoms with Gasteiger partial charge in [0.2, 0.25) is 0 Å². The van der Waals surface area contributed by atoms with Crippen LogP contribution in [0.2, 0.25) is 5.02 Å². The molecule has 1 aromatic carbocycles. The number of halogens is 2. The molecule has 2 N–H and O–H groups in total. The van der Waals surface area contributed by atoms with Gasteiger partial charge in [0.25, 0.3) is 0 Å². The van der Waals surface area contributed by atoms with E-state index < -0.39 is 0 Å². The topological polar surface area (TPSA) is 26.0 Å². The van der Waals surface area contributed by atoms with Gasteiger partial charge in [0, 0.05) is 4.47 Å². The van der Waals surface area contributed by atoms with Crippen molar-refractivity contribution >= 4 is 33.2 Å². The van der Waals surface area contributed by atoms with E-state index in [1.807, 2.05) is 12.1 Å². The first-order chi connectivity index (χ1) is 5.82. The van der Waals surface area contributed by atoms with E-state index in [0.29, 0.717) is 10.7 Å². The third-order valence-corrected chi connectivity index (χ3v) is 2.91. The molecule has 72 valence electrons. The normalized spacial score (nSPS) is 11.8. The van der Waals surface area contributed by atoms with E-state index in [1.54, 1.807) is 0 Å². The Kier molecular flexibility index (Phi) is 2.93. The van der Waals surface area contributed by atoms with E-state index in [2.05, 4.69) is 36.7 Å². The van der Waals surface area contributed by atoms with Crippen molar-refractivity contribution < 1.29 is 0 Å². The van der Waals surface area contributed by atoms with Crippen LogP contribution < -0.4 is 5.73 Å². The van der Waals surface area contributed by atoms with Crippen molar-refractivity contribution in [2.45, 2.75) is 26.2 Å². The maximum Gasteiger partial charge on any atom is 0.0650 e. The van der Waals surface area contributed by atoms with Gasteiger partial charge in [-0.05, 0) is 39.0 Å². The van der Waals surface area contributed by atoms with Crippen molar-refractivity contribution in [1.82, 2.24) is 0 Å². The maximum absolute atomic E-state index is 5.97. The van der Waals surface area contributed by atoms with Crippen molar-refractivity contribution in [2.75, 3.05) is 5.73 Å². The fourth-order valence-electron chi connectivity index (χ4n) is 1.02. The number of anilines is 1. The molecule has 0 heterocycles. The zero-order valence-corrected chi connectivity index (χ0v) is 10.3. The van der Waals surface area contributed by atoms with Gasteiger partial charge in [-0.1, -0.05) is 32.4 Å². The van der Waals surface area contributed by atoms with Crippen LogP contribution in [0.15, 0.2) is 16.6 Å². The maximum atomic E-state index is 5.97. The highest BCUT2D eigenvalue weighted by Gasteiger charge is 2.16. The largest absolute Gasteiger partial charge is 0.397 e. The molecule has 0 saturated heterocycles. The van der Waals surface area contributed by atoms with Crippen LogP contribution >= 0.6 is 27.5 Å². The molecular weight excluding hydrogens is 249 g/mol. The Morgan fingerprint density at radius 1 is 1.31 bits per heavy atom. The lowest BCUT2D eigenvalue weighted by molar-refractivity contribution is 0.590. The summed E-state index contributed by atoms with van der Waals surface area (Å²) < 4.78 is 0.866. The quantitative estimate of drug-likeness (QED) is 0.703.